The molecule has 2 N–H and O–H groups in total. The molecule has 0 bridgehead atoms. The van der Waals surface area contributed by atoms with Crippen LogP contribution < -0.4 is 5.73 Å². The fraction of sp³-hybridized carbons (Fsp3) is 0.750. The normalized spacial score (nSPS) is 1.33. The summed E-state index contributed by atoms with van der Waals surface area (Å²) in [5, 5.41) is 0. The van der Waals surface area contributed by atoms with Crippen LogP contribution in [0.25, 0.3) is 0 Å². The molecule has 5 heteroatoms. The van der Waals surface area contributed by atoms with E-state index in [1.165, 1.54) is 7.05 Å². The topological polar surface area (TPSA) is 26.0 Å². The van der Waals surface area contributed by atoms with Gasteiger partial charge in [-0.15, -0.1) is 0 Å². The minimum absolute atomic E-state index is 0. The van der Waals surface area contributed by atoms with Crippen molar-refractivity contribution < 1.29 is 146 Å². The van der Waals surface area contributed by atoms with Gasteiger partial charge in [-0.05, 0) is 7.05 Å². The van der Waals surface area contributed by atoms with Gasteiger partial charge in [0, 0.05) is 146 Å². The van der Waals surface area contributed by atoms with E-state index in [0.29, 0.717) is 0 Å². The molecular weight excluding hydrogens is 271 g/mol. The van der Waals surface area contributed by atoms with Gasteiger partial charge in [-0.2, -0.15) is 0 Å². The van der Waals surface area contributed by atoms with Gasteiger partial charge in [-0.25, -0.2) is 0 Å². The number of hydrogen-bond acceptors (Lipinski definition) is 1. The first-order valence-corrected chi connectivity index (χ1v) is 1.58. The summed E-state index contributed by atoms with van der Waals surface area (Å²) in [6, 6.07) is 0. The molecular formula is C4H14Ar3NY-. The maximum atomic E-state index is 4.50. The molecule has 9 heavy (non-hydrogen) atoms. The molecule has 0 saturated heterocycles. The van der Waals surface area contributed by atoms with Crippen LogP contribution in [0.1, 0.15) is 13.8 Å². The summed E-state index contributed by atoms with van der Waals surface area (Å²) in [4.78, 5) is 0. The van der Waals surface area contributed by atoms with Gasteiger partial charge in [0.2, 0.25) is 0 Å². The molecule has 0 aromatic heterocycles. The van der Waals surface area contributed by atoms with Gasteiger partial charge in [0.15, 0.2) is 0 Å². The fourth-order valence-electron chi connectivity index (χ4n) is 0. The molecule has 0 aliphatic heterocycles. The van der Waals surface area contributed by atoms with Crippen LogP contribution in [0.4, 0.5) is 0 Å². The standard InChI is InChI=1S/C2H6.CH5N.CH3.3Ar.Y/c2*1-2;;;;;/h1-2H3;2H2,1H3;1H3;;;;/q;;-1;;;;. The first-order chi connectivity index (χ1) is 2.00. The summed E-state index contributed by atoms with van der Waals surface area (Å²) in [6.45, 7) is 4.00. The van der Waals surface area contributed by atoms with E-state index in [1.807, 2.05) is 13.8 Å². The van der Waals surface area contributed by atoms with E-state index in [2.05, 4.69) is 5.73 Å². The van der Waals surface area contributed by atoms with Crippen LogP contribution in [0.5, 0.6) is 0 Å². The van der Waals surface area contributed by atoms with Crippen molar-refractivity contribution in [2.75, 3.05) is 7.05 Å². The van der Waals surface area contributed by atoms with Gasteiger partial charge < -0.3 is 13.2 Å². The van der Waals surface area contributed by atoms with E-state index in [1.54, 1.807) is 0 Å². The first-order valence-electron chi connectivity index (χ1n) is 1.58. The summed E-state index contributed by atoms with van der Waals surface area (Å²) in [7, 11) is 1.50. The molecule has 0 amide bonds. The molecule has 63 valence electrons. The van der Waals surface area contributed by atoms with Gasteiger partial charge in [0.25, 0.3) is 0 Å². The number of rotatable bonds is 0. The largest absolute Gasteiger partial charge is 0.358 e. The quantitative estimate of drug-likeness (QED) is 0.661. The molecule has 0 saturated carbocycles. The van der Waals surface area contributed by atoms with E-state index in [9.17, 15) is 0 Å². The average molecular weight is 285 g/mol. The maximum absolute atomic E-state index is 4.50. The molecule has 0 aromatic carbocycles. The Morgan fingerprint density at radius 1 is 0.778 bits per heavy atom. The van der Waals surface area contributed by atoms with Crippen LogP contribution in [0.3, 0.4) is 0 Å². The minimum atomic E-state index is 0. The smallest absolute Gasteiger partial charge is 0 e. The summed E-state index contributed by atoms with van der Waals surface area (Å²) in [5.41, 5.74) is 4.50. The van der Waals surface area contributed by atoms with Crippen molar-refractivity contribution in [2.24, 2.45) is 5.73 Å². The van der Waals surface area contributed by atoms with Crippen molar-refractivity contribution in [3.05, 3.63) is 7.43 Å². The second kappa shape index (κ2) is 76.8. The summed E-state index contributed by atoms with van der Waals surface area (Å²) >= 11 is 0. The summed E-state index contributed by atoms with van der Waals surface area (Å²) < 4.78 is 0. The zero-order chi connectivity index (χ0) is 4.00. The second-order valence-electron chi connectivity index (χ2n) is 0. The van der Waals surface area contributed by atoms with Crippen molar-refractivity contribution >= 4 is 0 Å². The zero-order valence-corrected chi connectivity index (χ0v) is 11.2. The summed E-state index contributed by atoms with van der Waals surface area (Å²) in [5.74, 6) is 0. The van der Waals surface area contributed by atoms with Gasteiger partial charge in [-0.1, -0.05) is 13.8 Å². The molecule has 0 heterocycles. The molecule has 0 aliphatic rings. The Morgan fingerprint density at radius 2 is 0.778 bits per heavy atom. The van der Waals surface area contributed by atoms with Gasteiger partial charge in [0.1, 0.15) is 0 Å². The van der Waals surface area contributed by atoms with E-state index in [-0.39, 0.29) is 153 Å². The van der Waals surface area contributed by atoms with Crippen molar-refractivity contribution in [3.8, 4) is 0 Å². The third-order valence-electron chi connectivity index (χ3n) is 0. The number of hydrogen-bond donors (Lipinski definition) is 1. The molecule has 1 nitrogen and oxygen atoms in total. The Hall–Kier alpha value is 4.84. The zero-order valence-electron chi connectivity index (χ0n) is 6.22. The monoisotopic (exact) mass is 285 g/mol. The molecule has 0 fully saturated rings. The van der Waals surface area contributed by atoms with Crippen molar-refractivity contribution in [3.63, 3.8) is 0 Å². The Morgan fingerprint density at radius 3 is 0.778 bits per heavy atom. The second-order valence-corrected chi connectivity index (χ2v) is 0. The number of nitrogens with two attached hydrogens (primary N) is 1. The van der Waals surface area contributed by atoms with Crippen molar-refractivity contribution in [1.82, 2.24) is 0 Å². The fourth-order valence-corrected chi connectivity index (χ4v) is 0. The molecule has 0 rings (SSSR count). The third-order valence-corrected chi connectivity index (χ3v) is 0. The van der Waals surface area contributed by atoms with Crippen molar-refractivity contribution in [1.29, 1.82) is 0 Å². The Bertz CT molecular complexity index is 15.8. The molecule has 0 atom stereocenters. The SMILES string of the molecule is CC.CN.[Ar].[Ar].[Ar].[CH3-].[Y]. The average Bonchev–Trinajstić information content (AvgIpc) is 1.50. The van der Waals surface area contributed by atoms with Gasteiger partial charge in [-0.3, -0.25) is 0 Å². The first kappa shape index (κ1) is 48.8. The van der Waals surface area contributed by atoms with Crippen LogP contribution in [-0.2, 0) is 32.7 Å². The minimum Gasteiger partial charge on any atom is -0.358 e. The Kier molecular flexibility index (Phi) is 416. The van der Waals surface area contributed by atoms with Crippen LogP contribution in [-0.4, -0.2) is 7.05 Å². The van der Waals surface area contributed by atoms with Crippen LogP contribution >= 0.6 is 0 Å². The predicted molar refractivity (Wildman–Crippen MR) is 27.9 cm³/mol. The third kappa shape index (κ3) is 64.4. The Labute approximate surface area is 175 Å². The van der Waals surface area contributed by atoms with E-state index in [4.69, 9.17) is 0 Å². The summed E-state index contributed by atoms with van der Waals surface area (Å²) in [6.07, 6.45) is 0. The van der Waals surface area contributed by atoms with Gasteiger partial charge in [0.05, 0.1) is 0 Å². The Balaban J connectivity index is -0.00000000114. The van der Waals surface area contributed by atoms with Crippen LogP contribution in [0, 0.1) is 121 Å². The van der Waals surface area contributed by atoms with Crippen LogP contribution in [0.2, 0.25) is 0 Å². The predicted octanol–water partition coefficient (Wildman–Crippen LogP) is 1.05. The maximum Gasteiger partial charge on any atom is 0 e. The molecule has 1 radical (unpaired) electrons. The molecule has 0 aliphatic carbocycles. The molecule has 0 spiro atoms. The van der Waals surface area contributed by atoms with Crippen LogP contribution in [0.15, 0.2) is 0 Å². The van der Waals surface area contributed by atoms with E-state index in [0.717, 1.165) is 0 Å². The van der Waals surface area contributed by atoms with Crippen molar-refractivity contribution in [2.45, 2.75) is 13.8 Å². The van der Waals surface area contributed by atoms with E-state index >= 15 is 0 Å². The van der Waals surface area contributed by atoms with E-state index < -0.39 is 0 Å². The van der Waals surface area contributed by atoms with Gasteiger partial charge >= 0.3 is 0 Å². The molecule has 0 unspecified atom stereocenters. The molecule has 0 aromatic rings.